The van der Waals surface area contributed by atoms with E-state index in [1.54, 1.807) is 37.3 Å². The van der Waals surface area contributed by atoms with Crippen LogP contribution in [-0.4, -0.2) is 72.2 Å². The van der Waals surface area contributed by atoms with Gasteiger partial charge in [0.1, 0.15) is 29.4 Å². The number of likely N-dealkylation sites (N-methyl/N-ethyl adjacent to an activating group) is 2. The summed E-state index contributed by atoms with van der Waals surface area (Å²) in [6, 6.07) is 16.8. The van der Waals surface area contributed by atoms with Gasteiger partial charge in [0.05, 0.1) is 30.5 Å². The quantitative estimate of drug-likeness (QED) is 0.266. The lowest BCUT2D eigenvalue weighted by molar-refractivity contribution is -0.137. The van der Waals surface area contributed by atoms with E-state index in [9.17, 15) is 37.2 Å². The second-order valence-electron chi connectivity index (χ2n) is 11.5. The summed E-state index contributed by atoms with van der Waals surface area (Å²) in [7, 11) is 1.40. The van der Waals surface area contributed by atoms with E-state index in [0.717, 1.165) is 24.3 Å². The van der Waals surface area contributed by atoms with Gasteiger partial charge in [0, 0.05) is 36.6 Å². The summed E-state index contributed by atoms with van der Waals surface area (Å²) in [5.41, 5.74) is 5.48. The number of amides is 3. The number of carbonyl (C=O) groups is 3. The molecule has 3 atom stereocenters. The van der Waals surface area contributed by atoms with Crippen molar-refractivity contribution in [3.05, 3.63) is 113 Å². The summed E-state index contributed by atoms with van der Waals surface area (Å²) in [5, 5.41) is 12.5. The minimum Gasteiger partial charge on any atom is -0.394 e. The standard InChI is InChI=1S/C35H32F4N6O4/c1-3-45-31(42-25-10-5-4-6-11-25)28(29(41)33(47)44(2)26(17-40)22-18-49-19-22)27(20-12-14-24(36)15-13-20)30(34(45)48)43-32(46)21-8-7-9-23(16-21)35(37,38)39/h4-16,22,26-27,30H,3,18-19,41H2,1-2H3,(H,43,46)/b29-28-,42-31?. The molecule has 2 fully saturated rings. The van der Waals surface area contributed by atoms with E-state index in [1.165, 1.54) is 35.0 Å². The zero-order valence-electron chi connectivity index (χ0n) is 26.4. The monoisotopic (exact) mass is 676 g/mol. The molecule has 0 aromatic heterocycles. The molecule has 0 saturated carbocycles. The van der Waals surface area contributed by atoms with Crippen LogP contribution in [0.5, 0.6) is 0 Å². The fourth-order valence-corrected chi connectivity index (χ4v) is 5.82. The molecule has 14 heteroatoms. The van der Waals surface area contributed by atoms with Crippen molar-refractivity contribution in [3.63, 3.8) is 0 Å². The van der Waals surface area contributed by atoms with Crippen LogP contribution < -0.4 is 11.1 Å². The highest BCUT2D eigenvalue weighted by atomic mass is 19.4. The van der Waals surface area contributed by atoms with Crippen molar-refractivity contribution >= 4 is 29.2 Å². The lowest BCUT2D eigenvalue weighted by Crippen LogP contribution is -2.59. The van der Waals surface area contributed by atoms with Crippen LogP contribution in [0.4, 0.5) is 23.2 Å². The summed E-state index contributed by atoms with van der Waals surface area (Å²) in [6.45, 7) is 2.13. The minimum atomic E-state index is -4.74. The fraction of sp³-hybridized carbons (Fsp3) is 0.286. The average Bonchev–Trinajstić information content (AvgIpc) is 3.07. The Bertz CT molecular complexity index is 1830. The lowest BCUT2D eigenvalue weighted by atomic mass is 9.78. The molecule has 254 valence electrons. The highest BCUT2D eigenvalue weighted by Crippen LogP contribution is 2.38. The van der Waals surface area contributed by atoms with Gasteiger partial charge in [-0.15, -0.1) is 0 Å². The number of aliphatic imine (C=N–C) groups is 1. The molecule has 5 rings (SSSR count). The normalized spacial score (nSPS) is 20.6. The number of ether oxygens (including phenoxy) is 1. The van der Waals surface area contributed by atoms with Crippen LogP contribution in [0.2, 0.25) is 0 Å². The van der Waals surface area contributed by atoms with Crippen molar-refractivity contribution in [1.29, 1.82) is 5.26 Å². The SMILES string of the molecule is CCN1C(=O)C(NC(=O)c2cccc(C(F)(F)F)c2)C(c2ccc(F)cc2)/C(=C(/N)C(=O)N(C)C(C#N)C2COC2)C1=Nc1ccccc1. The van der Waals surface area contributed by atoms with E-state index in [0.29, 0.717) is 11.8 Å². The molecule has 3 aromatic carbocycles. The largest absolute Gasteiger partial charge is 0.416 e. The topological polar surface area (TPSA) is 141 Å². The molecule has 2 saturated heterocycles. The number of hydrogen-bond acceptors (Lipinski definition) is 7. The number of likely N-dealkylation sites (tertiary alicyclic amines) is 1. The van der Waals surface area contributed by atoms with Crippen LogP contribution in [0.15, 0.2) is 95.1 Å². The smallest absolute Gasteiger partial charge is 0.394 e. The number of nitrogens with zero attached hydrogens (tertiary/aromatic N) is 4. The molecule has 49 heavy (non-hydrogen) atoms. The van der Waals surface area contributed by atoms with Gasteiger partial charge in [-0.3, -0.25) is 19.3 Å². The lowest BCUT2D eigenvalue weighted by Gasteiger charge is -2.41. The molecule has 3 N–H and O–H groups in total. The van der Waals surface area contributed by atoms with E-state index in [1.807, 2.05) is 0 Å². The zero-order chi connectivity index (χ0) is 35.5. The Hall–Kier alpha value is -5.55. The minimum absolute atomic E-state index is 0.00958. The Morgan fingerprint density at radius 1 is 1.10 bits per heavy atom. The number of benzene rings is 3. The molecule has 0 aliphatic carbocycles. The van der Waals surface area contributed by atoms with Gasteiger partial charge >= 0.3 is 6.18 Å². The highest BCUT2D eigenvalue weighted by molar-refractivity contribution is 6.18. The van der Waals surface area contributed by atoms with Gasteiger partial charge in [-0.05, 0) is 55.0 Å². The van der Waals surface area contributed by atoms with E-state index >= 15 is 0 Å². The van der Waals surface area contributed by atoms with Crippen molar-refractivity contribution in [2.75, 3.05) is 26.8 Å². The van der Waals surface area contributed by atoms with Crippen LogP contribution >= 0.6 is 0 Å². The maximum atomic E-state index is 14.3. The van der Waals surface area contributed by atoms with Crippen molar-refractivity contribution in [2.45, 2.75) is 31.1 Å². The Kier molecular flexibility index (Phi) is 10.1. The number of para-hydroxylation sites is 1. The maximum absolute atomic E-state index is 14.3. The fourth-order valence-electron chi connectivity index (χ4n) is 5.82. The molecule has 3 aromatic rings. The highest BCUT2D eigenvalue weighted by Gasteiger charge is 2.47. The van der Waals surface area contributed by atoms with Gasteiger partial charge in [-0.2, -0.15) is 18.4 Å². The van der Waals surface area contributed by atoms with E-state index in [-0.39, 0.29) is 48.2 Å². The molecule has 0 bridgehead atoms. The number of nitrogens with two attached hydrogens (primary N) is 1. The van der Waals surface area contributed by atoms with Crippen molar-refractivity contribution in [1.82, 2.24) is 15.1 Å². The van der Waals surface area contributed by atoms with Crippen LogP contribution in [0.3, 0.4) is 0 Å². The molecule has 2 aliphatic rings. The number of piperidine rings is 1. The molecular weight excluding hydrogens is 644 g/mol. The second-order valence-corrected chi connectivity index (χ2v) is 11.5. The first-order chi connectivity index (χ1) is 23.3. The predicted molar refractivity (Wildman–Crippen MR) is 170 cm³/mol. The van der Waals surface area contributed by atoms with Gasteiger partial charge < -0.3 is 20.7 Å². The summed E-state index contributed by atoms with van der Waals surface area (Å²) in [5.74, 6) is -4.69. The first kappa shape index (κ1) is 34.8. The Morgan fingerprint density at radius 3 is 2.35 bits per heavy atom. The third-order valence-electron chi connectivity index (χ3n) is 8.45. The van der Waals surface area contributed by atoms with E-state index in [2.05, 4.69) is 11.4 Å². The zero-order valence-corrected chi connectivity index (χ0v) is 26.4. The number of nitrogens with one attached hydrogen (secondary N) is 1. The van der Waals surface area contributed by atoms with Gasteiger partial charge in [-0.25, -0.2) is 9.38 Å². The van der Waals surface area contributed by atoms with Crippen molar-refractivity contribution in [2.24, 2.45) is 16.6 Å². The average molecular weight is 677 g/mol. The van der Waals surface area contributed by atoms with Crippen molar-refractivity contribution < 1.29 is 36.7 Å². The molecule has 0 radical (unpaired) electrons. The summed E-state index contributed by atoms with van der Waals surface area (Å²) >= 11 is 0. The number of carbonyl (C=O) groups excluding carboxylic acids is 3. The third kappa shape index (κ3) is 7.17. The molecule has 3 unspecified atom stereocenters. The first-order valence-corrected chi connectivity index (χ1v) is 15.3. The maximum Gasteiger partial charge on any atom is 0.416 e. The summed E-state index contributed by atoms with van der Waals surface area (Å²) in [6.07, 6.45) is -4.74. The predicted octanol–water partition coefficient (Wildman–Crippen LogP) is 4.53. The summed E-state index contributed by atoms with van der Waals surface area (Å²) < 4.78 is 59.9. The van der Waals surface area contributed by atoms with Crippen LogP contribution in [0, 0.1) is 23.1 Å². The number of halogens is 4. The van der Waals surface area contributed by atoms with E-state index in [4.69, 9.17) is 15.5 Å². The Balaban J connectivity index is 1.71. The van der Waals surface area contributed by atoms with E-state index < -0.39 is 59.0 Å². The third-order valence-corrected chi connectivity index (χ3v) is 8.45. The van der Waals surface area contributed by atoms with Gasteiger partial charge in [-0.1, -0.05) is 36.4 Å². The molecule has 2 aliphatic heterocycles. The van der Waals surface area contributed by atoms with Crippen LogP contribution in [-0.2, 0) is 20.5 Å². The van der Waals surface area contributed by atoms with Crippen LogP contribution in [0.1, 0.15) is 34.3 Å². The number of nitriles is 1. The second kappa shape index (κ2) is 14.3. The molecule has 10 nitrogen and oxygen atoms in total. The number of rotatable bonds is 8. The molecule has 2 heterocycles. The molecule has 3 amide bonds. The number of amidine groups is 1. The molecular formula is C35H32F4N6O4. The summed E-state index contributed by atoms with van der Waals surface area (Å²) in [4.78, 5) is 49.1. The molecule has 0 spiro atoms. The van der Waals surface area contributed by atoms with Gasteiger partial charge in [0.2, 0.25) is 0 Å². The van der Waals surface area contributed by atoms with Crippen LogP contribution in [0.25, 0.3) is 0 Å². The number of alkyl halides is 3. The number of hydrogen-bond donors (Lipinski definition) is 2. The van der Waals surface area contributed by atoms with Gasteiger partial charge in [0.25, 0.3) is 17.7 Å². The first-order valence-electron chi connectivity index (χ1n) is 15.3. The Labute approximate surface area is 279 Å². The Morgan fingerprint density at radius 2 is 1.78 bits per heavy atom. The van der Waals surface area contributed by atoms with Gasteiger partial charge in [0.15, 0.2) is 0 Å². The van der Waals surface area contributed by atoms with Crippen molar-refractivity contribution in [3.8, 4) is 6.07 Å².